The largest absolute Gasteiger partial charge is 0.490 e. The van der Waals surface area contributed by atoms with Gasteiger partial charge in [-0.3, -0.25) is 14.4 Å². The number of fused-ring (bicyclic) bond motifs is 2. The van der Waals surface area contributed by atoms with Gasteiger partial charge in [-0.2, -0.15) is 0 Å². The second kappa shape index (κ2) is 11.5. The van der Waals surface area contributed by atoms with Crippen LogP contribution in [0.1, 0.15) is 60.9 Å². The van der Waals surface area contributed by atoms with Crippen molar-refractivity contribution in [3.8, 4) is 5.75 Å². The molecular formula is C29H34FN3O5. The van der Waals surface area contributed by atoms with E-state index in [1.807, 2.05) is 0 Å². The number of nitrogens with one attached hydrogen (secondary N) is 2. The number of rotatable bonds is 6. The van der Waals surface area contributed by atoms with Gasteiger partial charge >= 0.3 is 0 Å². The number of benzene rings is 2. The van der Waals surface area contributed by atoms with Gasteiger partial charge in [-0.05, 0) is 49.9 Å². The summed E-state index contributed by atoms with van der Waals surface area (Å²) in [5.74, 6) is -0.303. The van der Waals surface area contributed by atoms with E-state index in [2.05, 4.69) is 10.6 Å². The summed E-state index contributed by atoms with van der Waals surface area (Å²) >= 11 is 0. The standard InChI is InChI=1S/C29H34FN3O5/c1-33-24-12-11-21(15-27(34)31-16-19-8-4-5-9-23(19)30)38-26(24)17-37-25-13-10-20(14-22(25)29(33)36)32-28(35)18-6-2-3-7-18/h4-5,8-10,13-14,18,21,24,26H,2-3,6-7,11-12,15-17H2,1H3,(H,31,34)(H,32,35)/t21-,24+,26-/m0/s1. The second-order valence-corrected chi connectivity index (χ2v) is 10.4. The molecular weight excluding hydrogens is 489 g/mol. The highest BCUT2D eigenvalue weighted by Crippen LogP contribution is 2.33. The molecule has 38 heavy (non-hydrogen) atoms. The van der Waals surface area contributed by atoms with Gasteiger partial charge < -0.3 is 25.0 Å². The van der Waals surface area contributed by atoms with Crippen LogP contribution in [0.4, 0.5) is 10.1 Å². The molecule has 5 rings (SSSR count). The van der Waals surface area contributed by atoms with Crippen molar-refractivity contribution in [1.82, 2.24) is 10.2 Å². The molecule has 9 heteroatoms. The first-order valence-electron chi connectivity index (χ1n) is 13.4. The highest BCUT2D eigenvalue weighted by atomic mass is 19.1. The summed E-state index contributed by atoms with van der Waals surface area (Å²) < 4.78 is 26.1. The van der Waals surface area contributed by atoms with Crippen molar-refractivity contribution < 1.29 is 28.2 Å². The number of carbonyl (C=O) groups excluding carboxylic acids is 3. The summed E-state index contributed by atoms with van der Waals surface area (Å²) in [4.78, 5) is 40.2. The zero-order valence-corrected chi connectivity index (χ0v) is 21.6. The molecule has 2 aromatic rings. The number of halogens is 1. The maximum atomic E-state index is 13.8. The van der Waals surface area contributed by atoms with E-state index in [1.54, 1.807) is 48.3 Å². The molecule has 0 spiro atoms. The van der Waals surface area contributed by atoms with E-state index in [0.29, 0.717) is 35.4 Å². The molecule has 3 aliphatic rings. The zero-order chi connectivity index (χ0) is 26.6. The number of carbonyl (C=O) groups is 3. The highest BCUT2D eigenvalue weighted by Gasteiger charge is 2.39. The number of likely N-dealkylation sites (N-methyl/N-ethyl adjacent to an activating group) is 1. The smallest absolute Gasteiger partial charge is 0.257 e. The third-order valence-corrected chi connectivity index (χ3v) is 7.85. The van der Waals surface area contributed by atoms with Crippen molar-refractivity contribution in [2.24, 2.45) is 5.92 Å². The van der Waals surface area contributed by atoms with Crippen molar-refractivity contribution in [3.05, 3.63) is 59.4 Å². The van der Waals surface area contributed by atoms with Gasteiger partial charge in [0.05, 0.1) is 24.1 Å². The molecule has 2 N–H and O–H groups in total. The van der Waals surface area contributed by atoms with E-state index in [4.69, 9.17) is 9.47 Å². The number of ether oxygens (including phenoxy) is 2. The first-order valence-corrected chi connectivity index (χ1v) is 13.4. The summed E-state index contributed by atoms with van der Waals surface area (Å²) in [5.41, 5.74) is 1.42. The van der Waals surface area contributed by atoms with E-state index < -0.39 is 6.10 Å². The van der Waals surface area contributed by atoms with Gasteiger partial charge in [0.1, 0.15) is 24.3 Å². The molecule has 2 aromatic carbocycles. The number of amides is 3. The zero-order valence-electron chi connectivity index (χ0n) is 21.6. The lowest BCUT2D eigenvalue weighted by atomic mass is 9.94. The van der Waals surface area contributed by atoms with Crippen molar-refractivity contribution in [2.45, 2.75) is 69.7 Å². The molecule has 3 atom stereocenters. The van der Waals surface area contributed by atoms with Crippen LogP contribution in [0.2, 0.25) is 0 Å². The first-order chi connectivity index (χ1) is 18.4. The molecule has 1 aliphatic carbocycles. The summed E-state index contributed by atoms with van der Waals surface area (Å²) in [6, 6.07) is 11.3. The molecule has 0 bridgehead atoms. The normalized spacial score (nSPS) is 23.5. The van der Waals surface area contributed by atoms with Crippen LogP contribution in [-0.2, 0) is 20.9 Å². The number of anilines is 1. The third kappa shape index (κ3) is 5.83. The molecule has 0 aromatic heterocycles. The van der Waals surface area contributed by atoms with E-state index >= 15 is 0 Å². The Bertz CT molecular complexity index is 1200. The van der Waals surface area contributed by atoms with Gasteiger partial charge in [-0.15, -0.1) is 0 Å². The van der Waals surface area contributed by atoms with Gasteiger partial charge in [0, 0.05) is 30.8 Å². The summed E-state index contributed by atoms with van der Waals surface area (Å²) in [6.07, 6.45) is 4.65. The SMILES string of the molecule is CN1C(=O)c2cc(NC(=O)C3CCCC3)ccc2OC[C@@H]2O[C@H](CC(=O)NCc3ccccc3F)CC[C@H]21. The number of nitrogens with zero attached hydrogens (tertiary/aromatic N) is 1. The number of hydrogen-bond donors (Lipinski definition) is 2. The topological polar surface area (TPSA) is 97.0 Å². The molecule has 1 saturated carbocycles. The molecule has 0 unspecified atom stereocenters. The lowest BCUT2D eigenvalue weighted by molar-refractivity contribution is -0.134. The van der Waals surface area contributed by atoms with E-state index in [0.717, 1.165) is 25.7 Å². The van der Waals surface area contributed by atoms with Crippen LogP contribution < -0.4 is 15.4 Å². The van der Waals surface area contributed by atoms with Crippen LogP contribution in [0.5, 0.6) is 5.75 Å². The van der Waals surface area contributed by atoms with Gasteiger partial charge in [0.2, 0.25) is 11.8 Å². The lowest BCUT2D eigenvalue weighted by Crippen LogP contribution is -2.53. The molecule has 8 nitrogen and oxygen atoms in total. The Morgan fingerprint density at radius 3 is 2.66 bits per heavy atom. The fourth-order valence-electron chi connectivity index (χ4n) is 5.65. The van der Waals surface area contributed by atoms with Crippen molar-refractivity contribution >= 4 is 23.4 Å². The van der Waals surface area contributed by atoms with Crippen LogP contribution in [0.3, 0.4) is 0 Å². The van der Waals surface area contributed by atoms with E-state index in [1.165, 1.54) is 6.07 Å². The fourth-order valence-corrected chi connectivity index (χ4v) is 5.65. The van der Waals surface area contributed by atoms with E-state index in [-0.39, 0.29) is 61.2 Å². The van der Waals surface area contributed by atoms with Gasteiger partial charge in [-0.25, -0.2) is 4.39 Å². The van der Waals surface area contributed by atoms with E-state index in [9.17, 15) is 18.8 Å². The van der Waals surface area contributed by atoms with Crippen LogP contribution in [0.15, 0.2) is 42.5 Å². The Morgan fingerprint density at radius 1 is 1.08 bits per heavy atom. The monoisotopic (exact) mass is 523 g/mol. The molecule has 2 fully saturated rings. The van der Waals surface area contributed by atoms with Crippen LogP contribution in [0, 0.1) is 11.7 Å². The van der Waals surface area contributed by atoms with Crippen LogP contribution in [0.25, 0.3) is 0 Å². The third-order valence-electron chi connectivity index (χ3n) is 7.85. The Morgan fingerprint density at radius 2 is 1.87 bits per heavy atom. The van der Waals surface area contributed by atoms with Crippen molar-refractivity contribution in [1.29, 1.82) is 0 Å². The van der Waals surface area contributed by atoms with Gasteiger partial charge in [0.25, 0.3) is 5.91 Å². The quantitative estimate of drug-likeness (QED) is 0.596. The molecule has 2 heterocycles. The molecule has 0 radical (unpaired) electrons. The molecule has 3 amide bonds. The minimum absolute atomic E-state index is 0.000238. The predicted molar refractivity (Wildman–Crippen MR) is 139 cm³/mol. The second-order valence-electron chi connectivity index (χ2n) is 10.4. The summed E-state index contributed by atoms with van der Waals surface area (Å²) in [5, 5.41) is 5.72. The Kier molecular flexibility index (Phi) is 7.93. The average Bonchev–Trinajstić information content (AvgIpc) is 3.46. The summed E-state index contributed by atoms with van der Waals surface area (Å²) in [7, 11) is 1.75. The predicted octanol–water partition coefficient (Wildman–Crippen LogP) is 4.04. The maximum absolute atomic E-state index is 13.8. The Balaban J connectivity index is 1.20. The van der Waals surface area contributed by atoms with Crippen LogP contribution in [-0.4, -0.2) is 54.5 Å². The first kappa shape index (κ1) is 26.2. The van der Waals surface area contributed by atoms with Gasteiger partial charge in [0.15, 0.2) is 0 Å². The molecule has 2 aliphatic heterocycles. The maximum Gasteiger partial charge on any atom is 0.257 e. The van der Waals surface area contributed by atoms with Crippen molar-refractivity contribution in [2.75, 3.05) is 19.0 Å². The Hall–Kier alpha value is -3.46. The minimum atomic E-state index is -0.392. The minimum Gasteiger partial charge on any atom is -0.490 e. The number of hydrogen-bond acceptors (Lipinski definition) is 5. The summed E-state index contributed by atoms with van der Waals surface area (Å²) in [6.45, 7) is 0.348. The van der Waals surface area contributed by atoms with Crippen molar-refractivity contribution in [3.63, 3.8) is 0 Å². The lowest BCUT2D eigenvalue weighted by Gasteiger charge is -2.42. The van der Waals surface area contributed by atoms with Gasteiger partial charge in [-0.1, -0.05) is 31.0 Å². The fraction of sp³-hybridized carbons (Fsp3) is 0.483. The Labute approximate surface area is 221 Å². The highest BCUT2D eigenvalue weighted by molar-refractivity contribution is 6.00. The average molecular weight is 524 g/mol. The molecule has 202 valence electrons. The molecule has 1 saturated heterocycles. The van der Waals surface area contributed by atoms with Crippen LogP contribution >= 0.6 is 0 Å².